The van der Waals surface area contributed by atoms with Crippen molar-refractivity contribution in [2.24, 2.45) is 0 Å². The number of nitrogens with one attached hydrogen (secondary N) is 1. The van der Waals surface area contributed by atoms with Crippen LogP contribution in [-0.2, 0) is 14.3 Å². The van der Waals surface area contributed by atoms with Crippen LogP contribution in [0.1, 0.15) is 12.5 Å². The molecule has 0 bridgehead atoms. The van der Waals surface area contributed by atoms with Crippen molar-refractivity contribution in [2.45, 2.75) is 13.0 Å². The number of esters is 1. The van der Waals surface area contributed by atoms with Gasteiger partial charge in [0.1, 0.15) is 5.82 Å². The summed E-state index contributed by atoms with van der Waals surface area (Å²) in [5, 5.41) is 3.17. The molecular formula is C18H15ClFNO3. The molecule has 0 saturated carbocycles. The van der Waals surface area contributed by atoms with Gasteiger partial charge in [0, 0.05) is 16.8 Å². The average molecular weight is 348 g/mol. The van der Waals surface area contributed by atoms with Gasteiger partial charge < -0.3 is 10.1 Å². The molecule has 0 aliphatic heterocycles. The van der Waals surface area contributed by atoms with E-state index in [1.807, 2.05) is 0 Å². The molecular weight excluding hydrogens is 333 g/mol. The van der Waals surface area contributed by atoms with Gasteiger partial charge >= 0.3 is 5.97 Å². The normalized spacial score (nSPS) is 12.0. The number of hydrogen-bond donors (Lipinski definition) is 1. The Morgan fingerprint density at radius 2 is 1.75 bits per heavy atom. The van der Waals surface area contributed by atoms with Gasteiger partial charge in [0.2, 0.25) is 0 Å². The van der Waals surface area contributed by atoms with Crippen LogP contribution in [0.4, 0.5) is 10.1 Å². The number of carbonyl (C=O) groups excluding carboxylic acids is 2. The van der Waals surface area contributed by atoms with Crippen LogP contribution in [-0.4, -0.2) is 18.0 Å². The first-order chi connectivity index (χ1) is 11.4. The van der Waals surface area contributed by atoms with Crippen molar-refractivity contribution in [3.63, 3.8) is 0 Å². The Balaban J connectivity index is 1.87. The van der Waals surface area contributed by atoms with Crippen molar-refractivity contribution in [3.8, 4) is 0 Å². The first-order valence-corrected chi connectivity index (χ1v) is 7.52. The maximum absolute atomic E-state index is 12.8. The Kier molecular flexibility index (Phi) is 6.09. The minimum atomic E-state index is -0.967. The fourth-order valence-corrected chi connectivity index (χ4v) is 1.91. The van der Waals surface area contributed by atoms with Crippen LogP contribution in [0.5, 0.6) is 0 Å². The van der Waals surface area contributed by atoms with E-state index >= 15 is 0 Å². The minimum Gasteiger partial charge on any atom is -0.449 e. The maximum atomic E-state index is 12.8. The van der Waals surface area contributed by atoms with E-state index in [0.717, 1.165) is 0 Å². The van der Waals surface area contributed by atoms with Crippen LogP contribution in [0, 0.1) is 5.82 Å². The van der Waals surface area contributed by atoms with E-state index in [0.29, 0.717) is 16.3 Å². The zero-order valence-corrected chi connectivity index (χ0v) is 13.6. The topological polar surface area (TPSA) is 55.4 Å². The fourth-order valence-electron chi connectivity index (χ4n) is 1.78. The van der Waals surface area contributed by atoms with Crippen LogP contribution < -0.4 is 5.32 Å². The molecule has 1 atom stereocenters. The second-order valence-electron chi connectivity index (χ2n) is 4.96. The van der Waals surface area contributed by atoms with Crippen molar-refractivity contribution in [3.05, 3.63) is 71.0 Å². The Bertz CT molecular complexity index is 742. The van der Waals surface area contributed by atoms with Gasteiger partial charge in [-0.15, -0.1) is 0 Å². The van der Waals surface area contributed by atoms with Crippen molar-refractivity contribution in [1.29, 1.82) is 0 Å². The third-order valence-electron chi connectivity index (χ3n) is 3.06. The zero-order valence-electron chi connectivity index (χ0n) is 12.8. The van der Waals surface area contributed by atoms with Crippen LogP contribution in [0.15, 0.2) is 54.6 Å². The molecule has 124 valence electrons. The lowest BCUT2D eigenvalue weighted by Gasteiger charge is -2.12. The first kappa shape index (κ1) is 17.7. The van der Waals surface area contributed by atoms with Gasteiger partial charge in [0.05, 0.1) is 0 Å². The second-order valence-corrected chi connectivity index (χ2v) is 5.40. The Morgan fingerprint density at radius 3 is 2.38 bits per heavy atom. The average Bonchev–Trinajstić information content (AvgIpc) is 2.56. The largest absolute Gasteiger partial charge is 0.449 e. The number of amides is 1. The van der Waals surface area contributed by atoms with Crippen molar-refractivity contribution >= 4 is 35.2 Å². The Hall–Kier alpha value is -2.66. The number of hydrogen-bond acceptors (Lipinski definition) is 3. The molecule has 2 rings (SSSR count). The van der Waals surface area contributed by atoms with Crippen LogP contribution in [0.2, 0.25) is 5.02 Å². The van der Waals surface area contributed by atoms with E-state index in [2.05, 4.69) is 5.32 Å². The predicted molar refractivity (Wildman–Crippen MR) is 91.1 cm³/mol. The van der Waals surface area contributed by atoms with Crippen molar-refractivity contribution < 1.29 is 18.7 Å². The molecule has 0 spiro atoms. The highest BCUT2D eigenvalue weighted by molar-refractivity contribution is 6.30. The number of benzene rings is 2. The third-order valence-corrected chi connectivity index (χ3v) is 3.31. The summed E-state index contributed by atoms with van der Waals surface area (Å²) in [6, 6.07) is 12.2. The predicted octanol–water partition coefficient (Wildman–Crippen LogP) is 4.06. The molecule has 2 aromatic carbocycles. The van der Waals surface area contributed by atoms with Crippen LogP contribution in [0.3, 0.4) is 0 Å². The summed E-state index contributed by atoms with van der Waals surface area (Å²) >= 11 is 5.76. The summed E-state index contributed by atoms with van der Waals surface area (Å²) < 4.78 is 17.8. The highest BCUT2D eigenvalue weighted by Gasteiger charge is 2.16. The number of carbonyl (C=O) groups is 2. The SMILES string of the molecule is CC(OC(=O)/C=C/c1ccc(F)cc1)C(=O)Nc1ccc(Cl)cc1. The van der Waals surface area contributed by atoms with E-state index in [1.54, 1.807) is 24.3 Å². The summed E-state index contributed by atoms with van der Waals surface area (Å²) in [5.41, 5.74) is 1.20. The van der Waals surface area contributed by atoms with Gasteiger partial charge in [-0.05, 0) is 55.0 Å². The zero-order chi connectivity index (χ0) is 17.5. The molecule has 0 saturated heterocycles. The van der Waals surface area contributed by atoms with E-state index < -0.39 is 18.0 Å². The molecule has 0 fully saturated rings. The Labute approximate surface area is 143 Å². The molecule has 1 unspecified atom stereocenters. The van der Waals surface area contributed by atoms with Gasteiger partial charge in [0.15, 0.2) is 6.10 Å². The van der Waals surface area contributed by atoms with Crippen LogP contribution >= 0.6 is 11.6 Å². The molecule has 0 heterocycles. The number of rotatable bonds is 5. The summed E-state index contributed by atoms with van der Waals surface area (Å²) in [6.07, 6.45) is 1.69. The molecule has 1 N–H and O–H groups in total. The quantitative estimate of drug-likeness (QED) is 0.655. The summed E-state index contributed by atoms with van der Waals surface area (Å²) in [5.74, 6) is -1.49. The summed E-state index contributed by atoms with van der Waals surface area (Å²) in [4.78, 5) is 23.7. The van der Waals surface area contributed by atoms with Gasteiger partial charge in [-0.3, -0.25) is 4.79 Å². The molecule has 1 amide bonds. The monoisotopic (exact) mass is 347 g/mol. The van der Waals surface area contributed by atoms with Gasteiger partial charge in [-0.2, -0.15) is 0 Å². The van der Waals surface area contributed by atoms with Gasteiger partial charge in [-0.1, -0.05) is 23.7 Å². The third kappa shape index (κ3) is 5.52. The molecule has 24 heavy (non-hydrogen) atoms. The second kappa shape index (κ2) is 8.26. The molecule has 0 aliphatic rings. The van der Waals surface area contributed by atoms with E-state index in [-0.39, 0.29) is 5.82 Å². The highest BCUT2D eigenvalue weighted by Crippen LogP contribution is 2.14. The summed E-state index contributed by atoms with van der Waals surface area (Å²) in [6.45, 7) is 1.47. The Morgan fingerprint density at radius 1 is 1.12 bits per heavy atom. The molecule has 2 aromatic rings. The highest BCUT2D eigenvalue weighted by atomic mass is 35.5. The lowest BCUT2D eigenvalue weighted by Crippen LogP contribution is -2.29. The lowest BCUT2D eigenvalue weighted by atomic mass is 10.2. The molecule has 0 radical (unpaired) electrons. The minimum absolute atomic E-state index is 0.359. The van der Waals surface area contributed by atoms with Gasteiger partial charge in [-0.25, -0.2) is 9.18 Å². The number of ether oxygens (including phenoxy) is 1. The summed E-state index contributed by atoms with van der Waals surface area (Å²) in [7, 11) is 0. The molecule has 6 heteroatoms. The maximum Gasteiger partial charge on any atom is 0.331 e. The lowest BCUT2D eigenvalue weighted by molar-refractivity contribution is -0.148. The molecule has 0 aromatic heterocycles. The van der Waals surface area contributed by atoms with Gasteiger partial charge in [0.25, 0.3) is 5.91 Å². The van der Waals surface area contributed by atoms with E-state index in [9.17, 15) is 14.0 Å². The smallest absolute Gasteiger partial charge is 0.331 e. The standard InChI is InChI=1S/C18H15ClFNO3/c1-12(18(23)21-16-9-5-14(19)6-10-16)24-17(22)11-4-13-2-7-15(20)8-3-13/h2-12H,1H3,(H,21,23)/b11-4+. The number of halogens is 2. The molecule has 0 aliphatic carbocycles. The van der Waals surface area contributed by atoms with Crippen molar-refractivity contribution in [2.75, 3.05) is 5.32 Å². The first-order valence-electron chi connectivity index (χ1n) is 7.15. The van der Waals surface area contributed by atoms with E-state index in [1.165, 1.54) is 43.3 Å². The van der Waals surface area contributed by atoms with Crippen LogP contribution in [0.25, 0.3) is 6.08 Å². The fraction of sp³-hybridized carbons (Fsp3) is 0.111. The van der Waals surface area contributed by atoms with Crippen molar-refractivity contribution in [1.82, 2.24) is 0 Å². The van der Waals surface area contributed by atoms with E-state index in [4.69, 9.17) is 16.3 Å². The number of anilines is 1. The molecule has 4 nitrogen and oxygen atoms in total.